The molecule has 0 saturated carbocycles. The van der Waals surface area contributed by atoms with Crippen LogP contribution in [0.15, 0.2) is 53.4 Å². The van der Waals surface area contributed by atoms with Gasteiger partial charge in [0.05, 0.1) is 19.8 Å². The minimum absolute atomic E-state index is 0.0518. The molecule has 7 heteroatoms. The molecule has 2 aromatic carbocycles. The van der Waals surface area contributed by atoms with Gasteiger partial charge in [-0.1, -0.05) is 6.07 Å². The van der Waals surface area contributed by atoms with Gasteiger partial charge in [-0.3, -0.25) is 14.5 Å². The lowest BCUT2D eigenvalue weighted by Crippen LogP contribution is -2.29. The molecule has 0 radical (unpaired) electrons. The zero-order valence-corrected chi connectivity index (χ0v) is 19.9. The fraction of sp³-hybridized carbons (Fsp3) is 0.231. The maximum atomic E-state index is 13.3. The lowest BCUT2D eigenvalue weighted by atomic mass is 9.98. The molecule has 1 atom stereocenters. The number of hydrogen-bond acceptors (Lipinski definition) is 6. The van der Waals surface area contributed by atoms with Crippen LogP contribution in [-0.4, -0.2) is 31.0 Å². The Balaban J connectivity index is 1.95. The number of benzene rings is 2. The Labute approximate surface area is 196 Å². The van der Waals surface area contributed by atoms with Crippen LogP contribution >= 0.6 is 11.3 Å². The van der Waals surface area contributed by atoms with Crippen LogP contribution in [0.1, 0.15) is 33.2 Å². The summed E-state index contributed by atoms with van der Waals surface area (Å²) in [5.41, 5.74) is 4.07. The predicted octanol–water partition coefficient (Wildman–Crippen LogP) is 5.32. The van der Waals surface area contributed by atoms with Crippen molar-refractivity contribution in [2.45, 2.75) is 26.8 Å². The summed E-state index contributed by atoms with van der Waals surface area (Å²) in [5, 5.41) is 13.2. The number of carbonyl (C=O) groups excluding carboxylic acids is 2. The second kappa shape index (κ2) is 8.75. The van der Waals surface area contributed by atoms with E-state index in [0.29, 0.717) is 22.7 Å². The number of ether oxygens (including phenoxy) is 2. The van der Waals surface area contributed by atoms with Crippen LogP contribution in [0.2, 0.25) is 0 Å². The first kappa shape index (κ1) is 22.6. The van der Waals surface area contributed by atoms with E-state index in [1.165, 1.54) is 30.5 Å². The van der Waals surface area contributed by atoms with Crippen LogP contribution in [-0.2, 0) is 9.59 Å². The Bertz CT molecular complexity index is 1290. The van der Waals surface area contributed by atoms with Gasteiger partial charge in [0.15, 0.2) is 11.5 Å². The molecule has 3 aromatic rings. The summed E-state index contributed by atoms with van der Waals surface area (Å²) < 4.78 is 10.6. The summed E-state index contributed by atoms with van der Waals surface area (Å²) in [7, 11) is 3.02. The number of aliphatic hydroxyl groups excluding tert-OH is 1. The quantitative estimate of drug-likeness (QED) is 0.315. The highest BCUT2D eigenvalue weighted by Gasteiger charge is 2.48. The first-order valence-electron chi connectivity index (χ1n) is 10.4. The number of ketones is 1. The predicted molar refractivity (Wildman–Crippen MR) is 129 cm³/mol. The number of amides is 1. The zero-order valence-electron chi connectivity index (χ0n) is 19.1. The molecule has 33 heavy (non-hydrogen) atoms. The first-order chi connectivity index (χ1) is 15.8. The molecule has 1 fully saturated rings. The third-order valence-corrected chi connectivity index (χ3v) is 7.09. The molecule has 0 bridgehead atoms. The zero-order chi connectivity index (χ0) is 23.9. The Kier molecular flexibility index (Phi) is 5.99. The lowest BCUT2D eigenvalue weighted by molar-refractivity contribution is -0.132. The fourth-order valence-electron chi connectivity index (χ4n) is 4.03. The second-order valence-electron chi connectivity index (χ2n) is 7.98. The molecule has 4 rings (SSSR count). The summed E-state index contributed by atoms with van der Waals surface area (Å²) in [6, 6.07) is 11.7. The van der Waals surface area contributed by atoms with Crippen LogP contribution < -0.4 is 14.4 Å². The van der Waals surface area contributed by atoms with Gasteiger partial charge in [0.2, 0.25) is 0 Å². The number of thiophene rings is 1. The van der Waals surface area contributed by atoms with Crippen LogP contribution in [0.3, 0.4) is 0 Å². The summed E-state index contributed by atoms with van der Waals surface area (Å²) in [5.74, 6) is -0.737. The molecule has 6 nitrogen and oxygen atoms in total. The van der Waals surface area contributed by atoms with E-state index in [-0.39, 0.29) is 11.3 Å². The van der Waals surface area contributed by atoms with Gasteiger partial charge in [0.1, 0.15) is 11.8 Å². The van der Waals surface area contributed by atoms with Gasteiger partial charge < -0.3 is 14.6 Å². The van der Waals surface area contributed by atoms with Gasteiger partial charge in [-0.2, -0.15) is 0 Å². The average molecular weight is 464 g/mol. The molecule has 1 aliphatic rings. The summed E-state index contributed by atoms with van der Waals surface area (Å²) in [6.07, 6.45) is 0. The third-order valence-electron chi connectivity index (χ3n) is 6.02. The fourth-order valence-corrected chi connectivity index (χ4v) is 5.05. The molecule has 0 spiro atoms. The number of methoxy groups -OCH3 is 2. The largest absolute Gasteiger partial charge is 0.507 e. The summed E-state index contributed by atoms with van der Waals surface area (Å²) >= 11 is 1.45. The van der Waals surface area contributed by atoms with E-state index in [1.807, 2.05) is 50.4 Å². The van der Waals surface area contributed by atoms with Crippen LogP contribution in [0, 0.1) is 20.8 Å². The molecule has 1 aliphatic heterocycles. The molecule has 1 aromatic heterocycles. The average Bonchev–Trinajstić information content (AvgIpc) is 3.35. The van der Waals surface area contributed by atoms with E-state index in [0.717, 1.165) is 21.6 Å². The van der Waals surface area contributed by atoms with Gasteiger partial charge in [-0.05, 0) is 79.2 Å². The Morgan fingerprint density at radius 2 is 1.64 bits per heavy atom. The van der Waals surface area contributed by atoms with Crippen molar-refractivity contribution >= 4 is 34.5 Å². The highest BCUT2D eigenvalue weighted by Crippen LogP contribution is 2.45. The van der Waals surface area contributed by atoms with E-state index in [4.69, 9.17) is 9.47 Å². The van der Waals surface area contributed by atoms with Gasteiger partial charge in [0.25, 0.3) is 11.7 Å². The van der Waals surface area contributed by atoms with Crippen LogP contribution in [0.4, 0.5) is 5.69 Å². The van der Waals surface area contributed by atoms with Gasteiger partial charge in [-0.15, -0.1) is 11.3 Å². The highest BCUT2D eigenvalue weighted by atomic mass is 32.1. The van der Waals surface area contributed by atoms with Crippen molar-refractivity contribution in [1.29, 1.82) is 0 Å². The molecule has 1 unspecified atom stereocenters. The van der Waals surface area contributed by atoms with Crippen molar-refractivity contribution in [3.8, 4) is 11.5 Å². The number of Topliss-reactive ketones (excluding diaryl/α,β-unsaturated/α-hetero) is 1. The standard InChI is InChI=1S/C26H25NO5S/c1-14-6-8-18(12-16(14)3)27-22(25-15(2)10-11-33-25)21(24(29)26(27)30)23(28)17-7-9-19(31-4)20(13-17)32-5/h6-13,22,28H,1-5H3/b23-21-. The molecule has 1 N–H and O–H groups in total. The van der Waals surface area contributed by atoms with Crippen molar-refractivity contribution in [1.82, 2.24) is 0 Å². The normalized spacial score (nSPS) is 17.5. The number of hydrogen-bond donors (Lipinski definition) is 1. The van der Waals surface area contributed by atoms with E-state index < -0.39 is 17.7 Å². The van der Waals surface area contributed by atoms with Crippen molar-refractivity contribution in [3.05, 3.63) is 80.5 Å². The lowest BCUT2D eigenvalue weighted by Gasteiger charge is -2.25. The molecule has 2 heterocycles. The number of rotatable bonds is 5. The molecule has 1 amide bonds. The number of aliphatic hydroxyl groups is 1. The number of nitrogens with zero attached hydrogens (tertiary/aromatic N) is 1. The Morgan fingerprint density at radius 1 is 0.909 bits per heavy atom. The SMILES string of the molecule is COc1ccc(/C(O)=C2/C(=O)C(=O)N(c3ccc(C)c(C)c3)C2c2sccc2C)cc1OC. The molecule has 1 saturated heterocycles. The van der Waals surface area contributed by atoms with E-state index in [2.05, 4.69) is 0 Å². The first-order valence-corrected chi connectivity index (χ1v) is 11.3. The van der Waals surface area contributed by atoms with Crippen molar-refractivity contribution < 1.29 is 24.2 Å². The molecule has 0 aliphatic carbocycles. The van der Waals surface area contributed by atoms with E-state index in [9.17, 15) is 14.7 Å². The van der Waals surface area contributed by atoms with E-state index >= 15 is 0 Å². The Hall–Kier alpha value is -3.58. The summed E-state index contributed by atoms with van der Waals surface area (Å²) in [6.45, 7) is 5.89. The monoisotopic (exact) mass is 463 g/mol. The van der Waals surface area contributed by atoms with Gasteiger partial charge in [0, 0.05) is 16.1 Å². The molecule has 170 valence electrons. The second-order valence-corrected chi connectivity index (χ2v) is 8.92. The maximum Gasteiger partial charge on any atom is 0.300 e. The smallest absolute Gasteiger partial charge is 0.300 e. The van der Waals surface area contributed by atoms with Crippen LogP contribution in [0.25, 0.3) is 5.76 Å². The van der Waals surface area contributed by atoms with Crippen molar-refractivity contribution in [3.63, 3.8) is 0 Å². The minimum atomic E-state index is -0.736. The molecular formula is C26H25NO5S. The summed E-state index contributed by atoms with van der Waals surface area (Å²) in [4.78, 5) is 28.9. The topological polar surface area (TPSA) is 76.1 Å². The minimum Gasteiger partial charge on any atom is -0.507 e. The number of aryl methyl sites for hydroxylation is 3. The van der Waals surface area contributed by atoms with Crippen molar-refractivity contribution in [2.24, 2.45) is 0 Å². The van der Waals surface area contributed by atoms with Crippen LogP contribution in [0.5, 0.6) is 11.5 Å². The van der Waals surface area contributed by atoms with Crippen molar-refractivity contribution in [2.75, 3.05) is 19.1 Å². The Morgan fingerprint density at radius 3 is 2.24 bits per heavy atom. The maximum absolute atomic E-state index is 13.3. The highest BCUT2D eigenvalue weighted by molar-refractivity contribution is 7.10. The third kappa shape index (κ3) is 3.78. The number of anilines is 1. The van der Waals surface area contributed by atoms with Gasteiger partial charge in [-0.25, -0.2) is 0 Å². The van der Waals surface area contributed by atoms with E-state index in [1.54, 1.807) is 18.2 Å². The van der Waals surface area contributed by atoms with Gasteiger partial charge >= 0.3 is 0 Å². The number of carbonyl (C=O) groups is 2. The molecular weight excluding hydrogens is 438 g/mol.